The van der Waals surface area contributed by atoms with Gasteiger partial charge < -0.3 is 10.2 Å². The van der Waals surface area contributed by atoms with Crippen molar-refractivity contribution in [2.45, 2.75) is 25.7 Å². The predicted octanol–water partition coefficient (Wildman–Crippen LogP) is 3.57. The summed E-state index contributed by atoms with van der Waals surface area (Å²) >= 11 is 6.07. The van der Waals surface area contributed by atoms with Gasteiger partial charge in [-0.25, -0.2) is 4.98 Å². The third kappa shape index (κ3) is 3.83. The van der Waals surface area contributed by atoms with Crippen LogP contribution in [0.1, 0.15) is 25.7 Å². The van der Waals surface area contributed by atoms with Gasteiger partial charge in [0.05, 0.1) is 11.7 Å². The first kappa shape index (κ1) is 14.5. The number of likely N-dealkylation sites (tertiary alicyclic amines) is 1. The highest BCUT2D eigenvalue weighted by Gasteiger charge is 2.09. The summed E-state index contributed by atoms with van der Waals surface area (Å²) in [7, 11) is 0. The van der Waals surface area contributed by atoms with Gasteiger partial charge in [0.25, 0.3) is 0 Å². The van der Waals surface area contributed by atoms with E-state index >= 15 is 0 Å². The molecule has 5 heteroatoms. The van der Waals surface area contributed by atoms with E-state index < -0.39 is 0 Å². The number of fused-ring (bicyclic) bond motifs is 1. The number of rotatable bonds is 5. The SMILES string of the molecule is Clc1cc(NCCCN2CCCCC2)c2ccncc2n1. The highest BCUT2D eigenvalue weighted by atomic mass is 35.5. The number of nitrogens with one attached hydrogen (secondary N) is 1. The molecule has 0 spiro atoms. The number of piperidine rings is 1. The van der Waals surface area contributed by atoms with E-state index in [1.165, 1.54) is 38.9 Å². The second kappa shape index (κ2) is 7.05. The largest absolute Gasteiger partial charge is 0.384 e. The Bertz CT molecular complexity index is 596. The van der Waals surface area contributed by atoms with Crippen LogP contribution in [0.5, 0.6) is 0 Å². The minimum Gasteiger partial charge on any atom is -0.384 e. The molecule has 0 amide bonds. The molecule has 1 saturated heterocycles. The normalized spacial score (nSPS) is 16.2. The molecule has 2 aromatic rings. The van der Waals surface area contributed by atoms with Gasteiger partial charge in [0, 0.05) is 23.8 Å². The molecule has 0 atom stereocenters. The van der Waals surface area contributed by atoms with Crippen LogP contribution in [0.25, 0.3) is 10.9 Å². The highest BCUT2D eigenvalue weighted by Crippen LogP contribution is 2.24. The summed E-state index contributed by atoms with van der Waals surface area (Å²) in [5.74, 6) is 0. The van der Waals surface area contributed by atoms with E-state index in [1.54, 1.807) is 12.4 Å². The fourth-order valence-electron chi connectivity index (χ4n) is 2.90. The standard InChI is InChI=1S/C16H21ClN4/c17-16-11-14(13-5-7-18-12-15(13)20-16)19-6-4-10-21-8-2-1-3-9-21/h5,7,11-12H,1-4,6,8-10H2,(H,19,20). The van der Waals surface area contributed by atoms with Crippen LogP contribution in [-0.2, 0) is 0 Å². The quantitative estimate of drug-likeness (QED) is 0.677. The third-order valence-electron chi connectivity index (χ3n) is 4.00. The maximum atomic E-state index is 6.07. The molecule has 3 rings (SSSR count). The molecule has 0 saturated carbocycles. The lowest BCUT2D eigenvalue weighted by Gasteiger charge is -2.26. The molecule has 1 aliphatic heterocycles. The Balaban J connectivity index is 1.57. The molecule has 0 aliphatic carbocycles. The van der Waals surface area contributed by atoms with E-state index in [0.717, 1.165) is 29.6 Å². The summed E-state index contributed by atoms with van der Waals surface area (Å²) in [5.41, 5.74) is 1.88. The molecular weight excluding hydrogens is 284 g/mol. The van der Waals surface area contributed by atoms with Gasteiger partial charge in [-0.15, -0.1) is 0 Å². The van der Waals surface area contributed by atoms with Gasteiger partial charge in [-0.2, -0.15) is 0 Å². The number of halogens is 1. The summed E-state index contributed by atoms with van der Waals surface area (Å²) in [6.45, 7) is 4.64. The molecule has 0 bridgehead atoms. The van der Waals surface area contributed by atoms with Crippen LogP contribution >= 0.6 is 11.6 Å². The van der Waals surface area contributed by atoms with Crippen molar-refractivity contribution in [3.8, 4) is 0 Å². The fourth-order valence-corrected chi connectivity index (χ4v) is 3.10. The molecule has 4 nitrogen and oxygen atoms in total. The van der Waals surface area contributed by atoms with Crippen molar-refractivity contribution < 1.29 is 0 Å². The molecule has 0 radical (unpaired) electrons. The van der Waals surface area contributed by atoms with Crippen LogP contribution in [0, 0.1) is 0 Å². The van der Waals surface area contributed by atoms with Crippen molar-refractivity contribution in [1.29, 1.82) is 0 Å². The van der Waals surface area contributed by atoms with Gasteiger partial charge in [0.1, 0.15) is 5.15 Å². The van der Waals surface area contributed by atoms with E-state index in [2.05, 4.69) is 20.2 Å². The van der Waals surface area contributed by atoms with Crippen LogP contribution in [-0.4, -0.2) is 41.0 Å². The average molecular weight is 305 g/mol. The summed E-state index contributed by atoms with van der Waals surface area (Å²) in [6, 6.07) is 3.87. The van der Waals surface area contributed by atoms with Crippen LogP contribution in [0.4, 0.5) is 5.69 Å². The maximum absolute atomic E-state index is 6.07. The summed E-state index contributed by atoms with van der Waals surface area (Å²) < 4.78 is 0. The Morgan fingerprint density at radius 1 is 1.24 bits per heavy atom. The van der Waals surface area contributed by atoms with Gasteiger partial charge >= 0.3 is 0 Å². The molecule has 21 heavy (non-hydrogen) atoms. The Morgan fingerprint density at radius 3 is 2.95 bits per heavy atom. The molecular formula is C16H21ClN4. The van der Waals surface area contributed by atoms with E-state index in [-0.39, 0.29) is 0 Å². The van der Waals surface area contributed by atoms with Crippen molar-refractivity contribution in [2.75, 3.05) is 31.5 Å². The second-order valence-corrected chi connectivity index (χ2v) is 5.96. The summed E-state index contributed by atoms with van der Waals surface area (Å²) in [5, 5.41) is 5.07. The number of aromatic nitrogens is 2. The predicted molar refractivity (Wildman–Crippen MR) is 87.9 cm³/mol. The van der Waals surface area contributed by atoms with Gasteiger partial charge in [0.2, 0.25) is 0 Å². The van der Waals surface area contributed by atoms with Crippen LogP contribution in [0.15, 0.2) is 24.5 Å². The lowest BCUT2D eigenvalue weighted by atomic mass is 10.1. The smallest absolute Gasteiger partial charge is 0.131 e. The van der Waals surface area contributed by atoms with Crippen molar-refractivity contribution >= 4 is 28.2 Å². The van der Waals surface area contributed by atoms with Crippen molar-refractivity contribution in [2.24, 2.45) is 0 Å². The molecule has 0 aromatic carbocycles. The Hall–Kier alpha value is -1.39. The minimum atomic E-state index is 0.508. The van der Waals surface area contributed by atoms with E-state index in [1.807, 2.05) is 12.1 Å². The van der Waals surface area contributed by atoms with Crippen molar-refractivity contribution in [3.63, 3.8) is 0 Å². The summed E-state index contributed by atoms with van der Waals surface area (Å²) in [4.78, 5) is 11.0. The lowest BCUT2D eigenvalue weighted by molar-refractivity contribution is 0.228. The monoisotopic (exact) mass is 304 g/mol. The maximum Gasteiger partial charge on any atom is 0.131 e. The minimum absolute atomic E-state index is 0.508. The number of hydrogen-bond donors (Lipinski definition) is 1. The first-order valence-corrected chi connectivity index (χ1v) is 8.07. The van der Waals surface area contributed by atoms with Crippen LogP contribution < -0.4 is 5.32 Å². The van der Waals surface area contributed by atoms with Gasteiger partial charge in [-0.3, -0.25) is 4.98 Å². The molecule has 3 heterocycles. The van der Waals surface area contributed by atoms with Crippen LogP contribution in [0.3, 0.4) is 0 Å². The van der Waals surface area contributed by atoms with Crippen molar-refractivity contribution in [1.82, 2.24) is 14.9 Å². The first-order valence-electron chi connectivity index (χ1n) is 7.69. The molecule has 1 N–H and O–H groups in total. The van der Waals surface area contributed by atoms with Gasteiger partial charge in [-0.1, -0.05) is 18.0 Å². The number of pyridine rings is 2. The molecule has 0 unspecified atom stereocenters. The number of anilines is 1. The first-order chi connectivity index (χ1) is 10.3. The number of nitrogens with zero attached hydrogens (tertiary/aromatic N) is 3. The highest BCUT2D eigenvalue weighted by molar-refractivity contribution is 6.30. The molecule has 1 aliphatic rings. The van der Waals surface area contributed by atoms with Crippen LogP contribution in [0.2, 0.25) is 5.15 Å². The van der Waals surface area contributed by atoms with Gasteiger partial charge in [-0.05, 0) is 51.0 Å². The number of hydrogen-bond acceptors (Lipinski definition) is 4. The Morgan fingerprint density at radius 2 is 2.10 bits per heavy atom. The summed E-state index contributed by atoms with van der Waals surface area (Å²) in [6.07, 6.45) is 8.78. The average Bonchev–Trinajstić information content (AvgIpc) is 2.52. The lowest BCUT2D eigenvalue weighted by Crippen LogP contribution is -2.31. The Kier molecular flexibility index (Phi) is 4.88. The molecule has 2 aromatic heterocycles. The van der Waals surface area contributed by atoms with Gasteiger partial charge in [0.15, 0.2) is 0 Å². The molecule has 1 fully saturated rings. The fraction of sp³-hybridized carbons (Fsp3) is 0.500. The zero-order valence-electron chi connectivity index (χ0n) is 12.2. The molecule has 112 valence electrons. The van der Waals surface area contributed by atoms with E-state index in [0.29, 0.717) is 5.15 Å². The topological polar surface area (TPSA) is 41.0 Å². The third-order valence-corrected chi connectivity index (χ3v) is 4.19. The Labute approximate surface area is 130 Å². The zero-order chi connectivity index (χ0) is 14.5. The second-order valence-electron chi connectivity index (χ2n) is 5.57. The van der Waals surface area contributed by atoms with Crippen molar-refractivity contribution in [3.05, 3.63) is 29.7 Å². The van der Waals surface area contributed by atoms with E-state index in [4.69, 9.17) is 11.6 Å². The zero-order valence-corrected chi connectivity index (χ0v) is 12.9. The van der Waals surface area contributed by atoms with E-state index in [9.17, 15) is 0 Å².